The third-order valence-corrected chi connectivity index (χ3v) is 9.05. The number of ether oxygens (including phenoxy) is 1. The van der Waals surface area contributed by atoms with Crippen molar-refractivity contribution >= 4 is 50.5 Å². The first-order valence-electron chi connectivity index (χ1n) is 14.6. The number of hydrogen-bond donors (Lipinski definition) is 4. The largest absolute Gasteiger partial charge is 0.495 e. The van der Waals surface area contributed by atoms with E-state index in [1.807, 2.05) is 6.07 Å². The molecular formula is C30H40ClN7O4S. The minimum Gasteiger partial charge on any atom is -0.495 e. The molecule has 0 atom stereocenters. The van der Waals surface area contributed by atoms with Crippen molar-refractivity contribution in [1.82, 2.24) is 19.8 Å². The molecule has 2 aliphatic rings. The summed E-state index contributed by atoms with van der Waals surface area (Å²) in [5.41, 5.74) is 2.86. The molecule has 4 N–H and O–H groups in total. The number of rotatable bonds is 11. The topological polar surface area (TPSA) is 132 Å². The highest BCUT2D eigenvalue weighted by atomic mass is 35.5. The van der Waals surface area contributed by atoms with E-state index >= 15 is 0 Å². The Morgan fingerprint density at radius 2 is 1.72 bits per heavy atom. The average Bonchev–Trinajstić information content (AvgIpc) is 3.00. The molecule has 11 nitrogen and oxygen atoms in total. The van der Waals surface area contributed by atoms with Crippen LogP contribution in [-0.2, 0) is 10.0 Å². The number of nitrogens with one attached hydrogen (secondary N) is 3. The molecule has 0 unspecified atom stereocenters. The summed E-state index contributed by atoms with van der Waals surface area (Å²) in [5, 5.41) is 15.8. The molecule has 0 spiro atoms. The number of benzene rings is 2. The van der Waals surface area contributed by atoms with E-state index in [0.29, 0.717) is 40.9 Å². The Balaban J connectivity index is 1.23. The lowest BCUT2D eigenvalue weighted by Gasteiger charge is -2.42. The first-order chi connectivity index (χ1) is 20.7. The Morgan fingerprint density at radius 3 is 2.40 bits per heavy atom. The van der Waals surface area contributed by atoms with Crippen molar-refractivity contribution in [2.75, 3.05) is 68.1 Å². The van der Waals surface area contributed by atoms with E-state index in [2.05, 4.69) is 47.3 Å². The predicted molar refractivity (Wildman–Crippen MR) is 172 cm³/mol. The van der Waals surface area contributed by atoms with Crippen LogP contribution in [0.25, 0.3) is 0 Å². The molecule has 3 aromatic rings. The number of aliphatic hydroxyl groups is 1. The summed E-state index contributed by atoms with van der Waals surface area (Å²) >= 11 is 6.39. The fraction of sp³-hybridized carbons (Fsp3) is 0.467. The molecule has 2 saturated heterocycles. The van der Waals surface area contributed by atoms with Crippen molar-refractivity contribution in [2.24, 2.45) is 0 Å². The van der Waals surface area contributed by atoms with Gasteiger partial charge in [-0.05, 0) is 87.6 Å². The minimum atomic E-state index is -3.48. The maximum absolute atomic E-state index is 11.8. The third kappa shape index (κ3) is 8.27. The van der Waals surface area contributed by atoms with E-state index in [1.54, 1.807) is 31.4 Å². The zero-order valence-corrected chi connectivity index (χ0v) is 26.2. The number of halogens is 1. The second kappa shape index (κ2) is 14.1. The minimum absolute atomic E-state index is 0.237. The summed E-state index contributed by atoms with van der Waals surface area (Å²) in [5.74, 6) is 1.80. The van der Waals surface area contributed by atoms with Crippen LogP contribution in [0.15, 0.2) is 48.7 Å². The number of methoxy groups -OCH3 is 1. The van der Waals surface area contributed by atoms with Gasteiger partial charge in [-0.1, -0.05) is 29.8 Å². The molecule has 232 valence electrons. The summed E-state index contributed by atoms with van der Waals surface area (Å²) < 4.78 is 31.8. The molecule has 43 heavy (non-hydrogen) atoms. The van der Waals surface area contributed by atoms with Crippen LogP contribution in [0.4, 0.5) is 28.8 Å². The molecule has 2 aliphatic heterocycles. The van der Waals surface area contributed by atoms with Gasteiger partial charge in [0.2, 0.25) is 16.0 Å². The summed E-state index contributed by atoms with van der Waals surface area (Å²) in [6, 6.07) is 13.8. The molecule has 13 heteroatoms. The first-order valence-corrected chi connectivity index (χ1v) is 16.9. The SMILES string of the molecule is COc1cc(C2CCN(C3CCN(CCO)CC3)CC2)ccc1Nc1ncc(Cl)c(Nc2ccccc2NS(C)(=O)=O)n1. The maximum Gasteiger partial charge on any atom is 0.229 e. The van der Waals surface area contributed by atoms with Crippen LogP contribution in [0.3, 0.4) is 0 Å². The van der Waals surface area contributed by atoms with Gasteiger partial charge in [0.05, 0.1) is 43.2 Å². The van der Waals surface area contributed by atoms with Gasteiger partial charge in [-0.3, -0.25) is 4.72 Å². The quantitative estimate of drug-likeness (QED) is 0.238. The highest BCUT2D eigenvalue weighted by Gasteiger charge is 2.29. The van der Waals surface area contributed by atoms with Crippen LogP contribution < -0.4 is 20.1 Å². The predicted octanol–water partition coefficient (Wildman–Crippen LogP) is 4.63. The lowest BCUT2D eigenvalue weighted by molar-refractivity contribution is 0.0793. The molecule has 0 aliphatic carbocycles. The summed E-state index contributed by atoms with van der Waals surface area (Å²) in [6.07, 6.45) is 7.14. The normalized spacial score (nSPS) is 17.5. The van der Waals surface area contributed by atoms with Crippen LogP contribution in [0.5, 0.6) is 5.75 Å². The number of nitrogens with zero attached hydrogens (tertiary/aromatic N) is 4. The van der Waals surface area contributed by atoms with Crippen molar-refractivity contribution in [1.29, 1.82) is 0 Å². The van der Waals surface area contributed by atoms with E-state index in [4.69, 9.17) is 16.3 Å². The van der Waals surface area contributed by atoms with Crippen LogP contribution in [-0.4, -0.2) is 92.0 Å². The highest BCUT2D eigenvalue weighted by molar-refractivity contribution is 7.92. The smallest absolute Gasteiger partial charge is 0.229 e. The van der Waals surface area contributed by atoms with Crippen molar-refractivity contribution in [3.63, 3.8) is 0 Å². The van der Waals surface area contributed by atoms with Crippen LogP contribution >= 0.6 is 11.6 Å². The van der Waals surface area contributed by atoms with E-state index in [-0.39, 0.29) is 11.6 Å². The van der Waals surface area contributed by atoms with Gasteiger partial charge in [-0.15, -0.1) is 0 Å². The molecule has 0 saturated carbocycles. The average molecular weight is 630 g/mol. The van der Waals surface area contributed by atoms with Crippen LogP contribution in [0.2, 0.25) is 5.02 Å². The molecule has 1 aromatic heterocycles. The van der Waals surface area contributed by atoms with Gasteiger partial charge >= 0.3 is 0 Å². The summed E-state index contributed by atoms with van der Waals surface area (Å²) in [7, 11) is -1.83. The van der Waals surface area contributed by atoms with Crippen molar-refractivity contribution in [3.05, 3.63) is 59.2 Å². The van der Waals surface area contributed by atoms with Gasteiger partial charge in [0.25, 0.3) is 0 Å². The van der Waals surface area contributed by atoms with Gasteiger partial charge < -0.3 is 30.3 Å². The monoisotopic (exact) mass is 629 g/mol. The molecule has 2 fully saturated rings. The molecular weight excluding hydrogens is 590 g/mol. The van der Waals surface area contributed by atoms with Gasteiger partial charge in [0, 0.05) is 12.6 Å². The second-order valence-electron chi connectivity index (χ2n) is 11.1. The van der Waals surface area contributed by atoms with E-state index in [9.17, 15) is 13.5 Å². The van der Waals surface area contributed by atoms with Gasteiger partial charge in [-0.25, -0.2) is 13.4 Å². The number of sulfonamides is 1. The van der Waals surface area contributed by atoms with E-state index < -0.39 is 10.0 Å². The molecule has 3 heterocycles. The molecule has 5 rings (SSSR count). The fourth-order valence-corrected chi connectivity index (χ4v) is 6.67. The first kappa shape index (κ1) is 31.3. The second-order valence-corrected chi connectivity index (χ2v) is 13.3. The summed E-state index contributed by atoms with van der Waals surface area (Å²) in [6.45, 7) is 5.34. The van der Waals surface area contributed by atoms with Crippen molar-refractivity contribution in [3.8, 4) is 5.75 Å². The number of aliphatic hydroxyl groups excluding tert-OH is 1. The number of anilines is 5. The Labute approximate surface area is 258 Å². The van der Waals surface area contributed by atoms with Gasteiger partial charge in [0.1, 0.15) is 10.8 Å². The van der Waals surface area contributed by atoms with Gasteiger partial charge in [-0.2, -0.15) is 4.98 Å². The molecule has 0 radical (unpaired) electrons. The Morgan fingerprint density at radius 1 is 1.00 bits per heavy atom. The van der Waals surface area contributed by atoms with Gasteiger partial charge in [0.15, 0.2) is 5.82 Å². The standard InChI is InChI=1S/C30H40ClN7O4S/c1-42-28-19-22(21-9-15-38(16-10-21)23-11-13-37(14-12-23)17-18-39)7-8-27(28)34-30-32-20-24(31)29(35-30)33-25-5-3-4-6-26(25)36-43(2,40)41/h3-8,19-21,23,36,39H,9-18H2,1-2H3,(H2,32,33,34,35). The fourth-order valence-electron chi connectivity index (χ4n) is 5.96. The Kier molecular flexibility index (Phi) is 10.2. The number of β-amino-alcohol motifs (C(OH)–C–C–N with tert-alkyl or cyclic N) is 1. The maximum atomic E-state index is 11.8. The lowest BCUT2D eigenvalue weighted by atomic mass is 9.87. The zero-order chi connectivity index (χ0) is 30.4. The van der Waals surface area contributed by atoms with Crippen molar-refractivity contribution < 1.29 is 18.3 Å². The number of likely N-dealkylation sites (tertiary alicyclic amines) is 2. The van der Waals surface area contributed by atoms with Crippen molar-refractivity contribution in [2.45, 2.75) is 37.6 Å². The molecule has 0 amide bonds. The Bertz CT molecular complexity index is 1490. The summed E-state index contributed by atoms with van der Waals surface area (Å²) in [4.78, 5) is 13.9. The van der Waals surface area contributed by atoms with E-state index in [0.717, 1.165) is 57.5 Å². The zero-order valence-electron chi connectivity index (χ0n) is 24.6. The number of piperidine rings is 2. The highest BCUT2D eigenvalue weighted by Crippen LogP contribution is 2.36. The number of hydrogen-bond acceptors (Lipinski definition) is 10. The molecule has 0 bridgehead atoms. The third-order valence-electron chi connectivity index (χ3n) is 8.18. The Hall–Kier alpha value is -3.16. The lowest BCUT2D eigenvalue weighted by Crippen LogP contribution is -2.47. The van der Waals surface area contributed by atoms with Crippen LogP contribution in [0.1, 0.15) is 37.2 Å². The number of para-hydroxylation sites is 2. The number of aromatic nitrogens is 2. The van der Waals surface area contributed by atoms with Crippen LogP contribution in [0, 0.1) is 0 Å². The van der Waals surface area contributed by atoms with E-state index in [1.165, 1.54) is 24.6 Å². The molecule has 2 aromatic carbocycles.